The number of aryl methyl sites for hydroxylation is 2. The summed E-state index contributed by atoms with van der Waals surface area (Å²) in [7, 11) is 4.01. The standard InChI is InChI=1S/C21H31N5O3S2/c1-15-20(16(2)28-23-15)21-22-18(24-29-21)14-25-9-5-10-26(12-11-25)19(27)7-4-3-6-17-8-13-30-31-17/h17H,3-14H2,1-2H3. The van der Waals surface area contributed by atoms with Gasteiger partial charge in [0.2, 0.25) is 5.91 Å². The van der Waals surface area contributed by atoms with Crippen LogP contribution in [0.5, 0.6) is 0 Å². The van der Waals surface area contributed by atoms with Gasteiger partial charge in [0.25, 0.3) is 5.89 Å². The number of hydrogen-bond acceptors (Lipinski definition) is 9. The molecule has 2 saturated heterocycles. The Morgan fingerprint density at radius 1 is 1.13 bits per heavy atom. The van der Waals surface area contributed by atoms with Crippen molar-refractivity contribution < 1.29 is 13.8 Å². The molecule has 0 bridgehead atoms. The number of unbranched alkanes of at least 4 members (excludes halogenated alkanes) is 1. The van der Waals surface area contributed by atoms with E-state index >= 15 is 0 Å². The van der Waals surface area contributed by atoms with Gasteiger partial charge in [-0.05, 0) is 39.5 Å². The molecular formula is C21H31N5O3S2. The van der Waals surface area contributed by atoms with E-state index in [9.17, 15) is 4.79 Å². The molecule has 0 spiro atoms. The van der Waals surface area contributed by atoms with Crippen molar-refractivity contribution in [3.63, 3.8) is 0 Å². The fourth-order valence-corrected chi connectivity index (χ4v) is 7.18. The maximum Gasteiger partial charge on any atom is 0.263 e. The first-order chi connectivity index (χ1) is 15.1. The average molecular weight is 466 g/mol. The number of carbonyl (C=O) groups is 1. The molecule has 31 heavy (non-hydrogen) atoms. The molecule has 0 radical (unpaired) electrons. The second-order valence-corrected chi connectivity index (χ2v) is 11.1. The second-order valence-electron chi connectivity index (χ2n) is 8.30. The van der Waals surface area contributed by atoms with Crippen LogP contribution in [0.4, 0.5) is 0 Å². The molecule has 0 aliphatic carbocycles. The van der Waals surface area contributed by atoms with Crippen LogP contribution >= 0.6 is 21.6 Å². The number of carbonyl (C=O) groups excluding carboxylic acids is 1. The van der Waals surface area contributed by atoms with E-state index in [1.54, 1.807) is 0 Å². The largest absolute Gasteiger partial charge is 0.361 e. The van der Waals surface area contributed by atoms with Gasteiger partial charge in [0.1, 0.15) is 11.3 Å². The number of rotatable bonds is 8. The van der Waals surface area contributed by atoms with Crippen LogP contribution in [0.3, 0.4) is 0 Å². The molecule has 2 aliphatic heterocycles. The van der Waals surface area contributed by atoms with Crippen molar-refractivity contribution in [3.05, 3.63) is 17.3 Å². The highest BCUT2D eigenvalue weighted by molar-refractivity contribution is 8.77. The molecule has 170 valence electrons. The van der Waals surface area contributed by atoms with Crippen LogP contribution in [-0.2, 0) is 11.3 Å². The lowest BCUT2D eigenvalue weighted by atomic mass is 10.1. The number of hydrogen-bond donors (Lipinski definition) is 0. The van der Waals surface area contributed by atoms with E-state index in [0.717, 1.165) is 61.9 Å². The molecule has 0 saturated carbocycles. The molecular weight excluding hydrogens is 434 g/mol. The van der Waals surface area contributed by atoms with Crippen LogP contribution in [0.25, 0.3) is 11.5 Å². The second kappa shape index (κ2) is 10.9. The van der Waals surface area contributed by atoms with Crippen LogP contribution in [0.15, 0.2) is 9.05 Å². The van der Waals surface area contributed by atoms with Crippen molar-refractivity contribution in [2.24, 2.45) is 0 Å². The van der Waals surface area contributed by atoms with Crippen LogP contribution < -0.4 is 0 Å². The molecule has 1 atom stereocenters. The van der Waals surface area contributed by atoms with Gasteiger partial charge < -0.3 is 13.9 Å². The fourth-order valence-electron chi connectivity index (χ4n) is 4.16. The Bertz CT molecular complexity index is 846. The first-order valence-corrected chi connectivity index (χ1v) is 13.5. The van der Waals surface area contributed by atoms with E-state index in [-0.39, 0.29) is 0 Å². The third kappa shape index (κ3) is 6.04. The summed E-state index contributed by atoms with van der Waals surface area (Å²) < 4.78 is 10.6. The highest BCUT2D eigenvalue weighted by atomic mass is 33.1. The van der Waals surface area contributed by atoms with Gasteiger partial charge >= 0.3 is 0 Å². The summed E-state index contributed by atoms with van der Waals surface area (Å²) >= 11 is 0. The molecule has 4 heterocycles. The van der Waals surface area contributed by atoms with Gasteiger partial charge in [0.05, 0.1) is 12.2 Å². The van der Waals surface area contributed by atoms with Crippen LogP contribution in [0.1, 0.15) is 55.8 Å². The van der Waals surface area contributed by atoms with Gasteiger partial charge in [-0.25, -0.2) is 0 Å². The minimum absolute atomic E-state index is 0.301. The van der Waals surface area contributed by atoms with Crippen LogP contribution in [-0.4, -0.2) is 68.2 Å². The third-order valence-electron chi connectivity index (χ3n) is 5.92. The zero-order chi connectivity index (χ0) is 21.6. The fraction of sp³-hybridized carbons (Fsp3) is 0.714. The molecule has 0 aromatic carbocycles. The molecule has 10 heteroatoms. The van der Waals surface area contributed by atoms with Gasteiger partial charge in [0.15, 0.2) is 5.82 Å². The van der Waals surface area contributed by atoms with Gasteiger partial charge in [-0.1, -0.05) is 38.3 Å². The highest BCUT2D eigenvalue weighted by Crippen LogP contribution is 2.39. The first-order valence-electron chi connectivity index (χ1n) is 11.1. The molecule has 2 aromatic heterocycles. The summed E-state index contributed by atoms with van der Waals surface area (Å²) in [6.07, 6.45) is 6.39. The number of nitrogens with zero attached hydrogens (tertiary/aromatic N) is 5. The van der Waals surface area contributed by atoms with Gasteiger partial charge in [-0.2, -0.15) is 4.98 Å². The van der Waals surface area contributed by atoms with Crippen molar-refractivity contribution in [1.82, 2.24) is 25.1 Å². The predicted molar refractivity (Wildman–Crippen MR) is 123 cm³/mol. The summed E-state index contributed by atoms with van der Waals surface area (Å²) in [4.78, 5) is 21.5. The Hall–Kier alpha value is -1.52. The lowest BCUT2D eigenvalue weighted by molar-refractivity contribution is -0.131. The van der Waals surface area contributed by atoms with E-state index in [1.165, 1.54) is 18.6 Å². The molecule has 2 aromatic rings. The Balaban J connectivity index is 1.21. The molecule has 2 fully saturated rings. The normalized spacial score (nSPS) is 20.3. The van der Waals surface area contributed by atoms with E-state index in [4.69, 9.17) is 9.05 Å². The highest BCUT2D eigenvalue weighted by Gasteiger charge is 2.22. The Morgan fingerprint density at radius 3 is 2.81 bits per heavy atom. The van der Waals surface area contributed by atoms with E-state index in [1.807, 2.05) is 40.3 Å². The monoisotopic (exact) mass is 465 g/mol. The SMILES string of the molecule is Cc1noc(C)c1-c1nc(CN2CCCN(C(=O)CCCCC3CCSS3)CC2)no1. The van der Waals surface area contributed by atoms with Gasteiger partial charge in [-0.3, -0.25) is 9.69 Å². The summed E-state index contributed by atoms with van der Waals surface area (Å²) in [5.74, 6) is 3.36. The van der Waals surface area contributed by atoms with Crippen molar-refractivity contribution in [2.75, 3.05) is 31.9 Å². The number of aromatic nitrogens is 3. The van der Waals surface area contributed by atoms with Crippen LogP contribution in [0.2, 0.25) is 0 Å². The average Bonchev–Trinajstić information content (AvgIpc) is 3.46. The minimum Gasteiger partial charge on any atom is -0.361 e. The third-order valence-corrected chi connectivity index (χ3v) is 8.92. The first kappa shape index (κ1) is 22.7. The van der Waals surface area contributed by atoms with Gasteiger partial charge in [0, 0.05) is 43.6 Å². The predicted octanol–water partition coefficient (Wildman–Crippen LogP) is 4.09. The summed E-state index contributed by atoms with van der Waals surface area (Å²) in [6, 6.07) is 0. The summed E-state index contributed by atoms with van der Waals surface area (Å²) in [5, 5.41) is 8.88. The Morgan fingerprint density at radius 2 is 2.03 bits per heavy atom. The lowest BCUT2D eigenvalue weighted by Gasteiger charge is -2.21. The zero-order valence-corrected chi connectivity index (χ0v) is 20.0. The smallest absolute Gasteiger partial charge is 0.263 e. The topological polar surface area (TPSA) is 88.5 Å². The zero-order valence-electron chi connectivity index (χ0n) is 18.3. The molecule has 4 rings (SSSR count). The van der Waals surface area contributed by atoms with Crippen LogP contribution in [0, 0.1) is 13.8 Å². The van der Waals surface area contributed by atoms with E-state index in [0.29, 0.717) is 36.3 Å². The van der Waals surface area contributed by atoms with E-state index < -0.39 is 0 Å². The summed E-state index contributed by atoms with van der Waals surface area (Å²) in [5.41, 5.74) is 1.52. The Labute approximate surface area is 191 Å². The van der Waals surface area contributed by atoms with Crippen molar-refractivity contribution in [3.8, 4) is 11.5 Å². The Kier molecular flexibility index (Phi) is 7.95. The van der Waals surface area contributed by atoms with Crippen molar-refractivity contribution in [2.45, 2.75) is 64.2 Å². The van der Waals surface area contributed by atoms with Crippen molar-refractivity contribution in [1.29, 1.82) is 0 Å². The minimum atomic E-state index is 0.301. The molecule has 1 unspecified atom stereocenters. The molecule has 0 N–H and O–H groups in total. The number of amides is 1. The maximum absolute atomic E-state index is 12.7. The maximum atomic E-state index is 12.7. The molecule has 1 amide bonds. The van der Waals surface area contributed by atoms with E-state index in [2.05, 4.69) is 20.2 Å². The lowest BCUT2D eigenvalue weighted by Crippen LogP contribution is -2.35. The quantitative estimate of drug-likeness (QED) is 0.422. The molecule has 8 nitrogen and oxygen atoms in total. The molecule has 2 aliphatic rings. The van der Waals surface area contributed by atoms with Crippen molar-refractivity contribution >= 4 is 27.5 Å². The summed E-state index contributed by atoms with van der Waals surface area (Å²) in [6.45, 7) is 7.68. The van der Waals surface area contributed by atoms with Gasteiger partial charge in [-0.15, -0.1) is 0 Å².